The number of anilines is 1. The highest BCUT2D eigenvalue weighted by atomic mass is 32.2. The number of hydrogen-bond acceptors (Lipinski definition) is 5. The van der Waals surface area contributed by atoms with Gasteiger partial charge in [-0.25, -0.2) is 13.1 Å². The molecule has 0 aliphatic heterocycles. The van der Waals surface area contributed by atoms with Gasteiger partial charge in [-0.2, -0.15) is 0 Å². The number of methoxy groups -OCH3 is 1. The van der Waals surface area contributed by atoms with Crippen LogP contribution in [0.1, 0.15) is 18.9 Å². The molecule has 0 unspecified atom stereocenters. The van der Waals surface area contributed by atoms with E-state index >= 15 is 0 Å². The van der Waals surface area contributed by atoms with Crippen molar-refractivity contribution in [2.45, 2.75) is 25.2 Å². The van der Waals surface area contributed by atoms with Crippen molar-refractivity contribution in [3.8, 4) is 11.5 Å². The van der Waals surface area contributed by atoms with Crippen LogP contribution in [-0.2, 0) is 14.8 Å². The van der Waals surface area contributed by atoms with Crippen molar-refractivity contribution in [2.24, 2.45) is 0 Å². The summed E-state index contributed by atoms with van der Waals surface area (Å²) in [6.07, 6.45) is 0.710. The zero-order valence-corrected chi connectivity index (χ0v) is 16.4. The average molecular weight is 392 g/mol. The minimum absolute atomic E-state index is 0.168. The van der Waals surface area contributed by atoms with Crippen molar-refractivity contribution < 1.29 is 22.7 Å². The minimum Gasteiger partial charge on any atom is -0.497 e. The average Bonchev–Trinajstić information content (AvgIpc) is 2.65. The lowest BCUT2D eigenvalue weighted by Crippen LogP contribution is -2.24. The van der Waals surface area contributed by atoms with Crippen molar-refractivity contribution in [2.75, 3.05) is 25.6 Å². The highest BCUT2D eigenvalue weighted by Gasteiger charge is 2.15. The highest BCUT2D eigenvalue weighted by molar-refractivity contribution is 7.89. The number of sulfonamides is 1. The first-order valence-electron chi connectivity index (χ1n) is 8.52. The van der Waals surface area contributed by atoms with Crippen LogP contribution >= 0.6 is 0 Å². The molecule has 0 saturated carbocycles. The lowest BCUT2D eigenvalue weighted by molar-refractivity contribution is -0.118. The predicted octanol–water partition coefficient (Wildman–Crippen LogP) is 2.71. The molecule has 1 amide bonds. The Bertz CT molecular complexity index is 897. The number of hydrogen-bond donors (Lipinski definition) is 2. The Morgan fingerprint density at radius 3 is 2.59 bits per heavy atom. The van der Waals surface area contributed by atoms with E-state index in [2.05, 4.69) is 10.0 Å². The maximum absolute atomic E-state index is 12.1. The molecule has 27 heavy (non-hydrogen) atoms. The fourth-order valence-corrected chi connectivity index (χ4v) is 3.53. The first kappa shape index (κ1) is 20.7. The van der Waals surface area contributed by atoms with E-state index < -0.39 is 10.0 Å². The predicted molar refractivity (Wildman–Crippen MR) is 104 cm³/mol. The van der Waals surface area contributed by atoms with Crippen LogP contribution in [0.2, 0.25) is 0 Å². The van der Waals surface area contributed by atoms with Gasteiger partial charge in [0.1, 0.15) is 11.5 Å². The molecule has 0 aliphatic rings. The topological polar surface area (TPSA) is 93.7 Å². The molecule has 146 valence electrons. The van der Waals surface area contributed by atoms with Crippen molar-refractivity contribution in [3.05, 3.63) is 48.0 Å². The lowest BCUT2D eigenvalue weighted by atomic mass is 10.2. The molecule has 0 fully saturated rings. The van der Waals surface area contributed by atoms with Gasteiger partial charge in [-0.15, -0.1) is 0 Å². The van der Waals surface area contributed by atoms with Crippen molar-refractivity contribution >= 4 is 21.6 Å². The standard InChI is InChI=1S/C19H24N2O5S/c1-4-10-20-27(23,24)17-8-9-18(14(2)11-17)26-13-19(22)21-15-6-5-7-16(12-15)25-3/h5-9,11-12,20H,4,10,13H2,1-3H3,(H,21,22). The normalized spacial score (nSPS) is 11.1. The van der Waals surface area contributed by atoms with Crippen LogP contribution in [0.3, 0.4) is 0 Å². The first-order chi connectivity index (χ1) is 12.9. The van der Waals surface area contributed by atoms with E-state index in [4.69, 9.17) is 9.47 Å². The van der Waals surface area contributed by atoms with Gasteiger partial charge < -0.3 is 14.8 Å². The SMILES string of the molecule is CCCNS(=O)(=O)c1ccc(OCC(=O)Nc2cccc(OC)c2)c(C)c1. The van der Waals surface area contributed by atoms with Crippen LogP contribution in [0, 0.1) is 6.92 Å². The summed E-state index contributed by atoms with van der Waals surface area (Å²) in [5, 5.41) is 2.72. The lowest BCUT2D eigenvalue weighted by Gasteiger charge is -2.12. The Balaban J connectivity index is 1.98. The number of carbonyl (C=O) groups is 1. The van der Waals surface area contributed by atoms with Crippen LogP contribution < -0.4 is 19.5 Å². The van der Waals surface area contributed by atoms with Gasteiger partial charge in [-0.3, -0.25) is 4.79 Å². The Morgan fingerprint density at radius 2 is 1.93 bits per heavy atom. The van der Waals surface area contributed by atoms with E-state index in [0.717, 1.165) is 0 Å². The molecule has 0 radical (unpaired) electrons. The fraction of sp³-hybridized carbons (Fsp3) is 0.316. The third-order valence-corrected chi connectivity index (χ3v) is 5.17. The maximum atomic E-state index is 12.1. The van der Waals surface area contributed by atoms with Gasteiger partial charge >= 0.3 is 0 Å². The molecule has 8 heteroatoms. The number of aryl methyl sites for hydroxylation is 1. The zero-order chi connectivity index (χ0) is 19.9. The van der Waals surface area contributed by atoms with Gasteiger partial charge in [0.05, 0.1) is 12.0 Å². The molecule has 2 aromatic carbocycles. The van der Waals surface area contributed by atoms with Crippen LogP contribution in [0.25, 0.3) is 0 Å². The number of nitrogens with one attached hydrogen (secondary N) is 2. The van der Waals surface area contributed by atoms with Gasteiger partial charge in [0.2, 0.25) is 10.0 Å². The first-order valence-corrected chi connectivity index (χ1v) is 10.0. The van der Waals surface area contributed by atoms with Gasteiger partial charge in [0.15, 0.2) is 6.61 Å². The molecule has 0 heterocycles. The molecule has 2 rings (SSSR count). The minimum atomic E-state index is -3.54. The molecule has 0 saturated heterocycles. The summed E-state index contributed by atoms with van der Waals surface area (Å²) >= 11 is 0. The number of carbonyl (C=O) groups excluding carboxylic acids is 1. The number of benzene rings is 2. The summed E-state index contributed by atoms with van der Waals surface area (Å²) in [4.78, 5) is 12.2. The fourth-order valence-electron chi connectivity index (χ4n) is 2.31. The molecular formula is C19H24N2O5S. The summed E-state index contributed by atoms with van der Waals surface area (Å²) in [5.74, 6) is 0.757. The third-order valence-electron chi connectivity index (χ3n) is 3.71. The van der Waals surface area contributed by atoms with Crippen molar-refractivity contribution in [1.82, 2.24) is 4.72 Å². The van der Waals surface area contributed by atoms with Gasteiger partial charge in [0.25, 0.3) is 5.91 Å². The molecule has 0 aromatic heterocycles. The summed E-state index contributed by atoms with van der Waals surface area (Å²) in [6.45, 7) is 3.80. The van der Waals surface area contributed by atoms with Crippen LogP contribution in [0.4, 0.5) is 5.69 Å². The van der Waals surface area contributed by atoms with Crippen molar-refractivity contribution in [1.29, 1.82) is 0 Å². The summed E-state index contributed by atoms with van der Waals surface area (Å²) in [7, 11) is -1.99. The smallest absolute Gasteiger partial charge is 0.262 e. The highest BCUT2D eigenvalue weighted by Crippen LogP contribution is 2.22. The monoisotopic (exact) mass is 392 g/mol. The molecular weight excluding hydrogens is 368 g/mol. The summed E-state index contributed by atoms with van der Waals surface area (Å²) in [5.41, 5.74) is 1.23. The van der Waals surface area contributed by atoms with E-state index in [1.54, 1.807) is 44.4 Å². The van der Waals surface area contributed by atoms with Gasteiger partial charge in [-0.1, -0.05) is 13.0 Å². The molecule has 7 nitrogen and oxygen atoms in total. The molecule has 0 aliphatic carbocycles. The van der Waals surface area contributed by atoms with Crippen LogP contribution in [0.15, 0.2) is 47.4 Å². The Hall–Kier alpha value is -2.58. The summed E-state index contributed by atoms with van der Waals surface area (Å²) < 4.78 is 37.4. The van der Waals surface area contributed by atoms with Gasteiger partial charge in [-0.05, 0) is 49.2 Å². The second kappa shape index (κ2) is 9.38. The van der Waals surface area contributed by atoms with E-state index in [-0.39, 0.29) is 17.4 Å². The van der Waals surface area contributed by atoms with E-state index in [1.807, 2.05) is 6.92 Å². The quantitative estimate of drug-likeness (QED) is 0.684. The number of amides is 1. The Labute approximate surface area is 159 Å². The van der Waals surface area contributed by atoms with Crippen LogP contribution in [0.5, 0.6) is 11.5 Å². The van der Waals surface area contributed by atoms with Crippen molar-refractivity contribution in [3.63, 3.8) is 0 Å². The third kappa shape index (κ3) is 5.97. The Morgan fingerprint density at radius 1 is 1.15 bits per heavy atom. The molecule has 2 aromatic rings. The van der Waals surface area contributed by atoms with E-state index in [9.17, 15) is 13.2 Å². The molecule has 2 N–H and O–H groups in total. The number of rotatable bonds is 9. The van der Waals surface area contributed by atoms with E-state index in [1.165, 1.54) is 12.1 Å². The molecule has 0 bridgehead atoms. The Kier molecular flexibility index (Phi) is 7.20. The molecule has 0 atom stereocenters. The number of ether oxygens (including phenoxy) is 2. The maximum Gasteiger partial charge on any atom is 0.262 e. The van der Waals surface area contributed by atoms with Gasteiger partial charge in [0, 0.05) is 18.3 Å². The van der Waals surface area contributed by atoms with E-state index in [0.29, 0.717) is 35.7 Å². The summed E-state index contributed by atoms with van der Waals surface area (Å²) in [6, 6.07) is 11.5. The second-order valence-corrected chi connectivity index (χ2v) is 7.66. The van der Waals surface area contributed by atoms with Crippen LogP contribution in [-0.4, -0.2) is 34.6 Å². The largest absolute Gasteiger partial charge is 0.497 e. The zero-order valence-electron chi connectivity index (χ0n) is 15.6. The molecule has 0 spiro atoms. The second-order valence-electron chi connectivity index (χ2n) is 5.89.